The van der Waals surface area contributed by atoms with Crippen molar-refractivity contribution in [2.45, 2.75) is 13.5 Å². The molecule has 110 valence electrons. The Morgan fingerprint density at radius 1 is 1.05 bits per heavy atom. The van der Waals surface area contributed by atoms with Crippen LogP contribution in [-0.4, -0.2) is 10.4 Å². The van der Waals surface area contributed by atoms with Crippen LogP contribution in [0, 0.1) is 6.92 Å². The van der Waals surface area contributed by atoms with Gasteiger partial charge >= 0.3 is 0 Å². The zero-order valence-electron chi connectivity index (χ0n) is 12.3. The summed E-state index contributed by atoms with van der Waals surface area (Å²) in [4.78, 5) is 17.9. The fourth-order valence-electron chi connectivity index (χ4n) is 2.17. The maximum Gasteiger partial charge on any atom is 0.190 e. The summed E-state index contributed by atoms with van der Waals surface area (Å²) in [6.45, 7) is 2.31. The molecule has 4 heteroatoms. The summed E-state index contributed by atoms with van der Waals surface area (Å²) < 4.78 is 1.97. The van der Waals surface area contributed by atoms with Crippen LogP contribution in [0.15, 0.2) is 71.0 Å². The quantitative estimate of drug-likeness (QED) is 0.671. The molecule has 0 aliphatic heterocycles. The SMILES string of the molecule is Cc1csc(=Nc2ccccc2)n1CC(=O)c1ccccc1. The lowest BCUT2D eigenvalue weighted by Crippen LogP contribution is -2.21. The van der Waals surface area contributed by atoms with Gasteiger partial charge in [0.2, 0.25) is 0 Å². The molecule has 3 rings (SSSR count). The van der Waals surface area contributed by atoms with Gasteiger partial charge in [-0.25, -0.2) is 4.99 Å². The summed E-state index contributed by atoms with van der Waals surface area (Å²) >= 11 is 1.55. The highest BCUT2D eigenvalue weighted by Crippen LogP contribution is 2.11. The molecule has 3 aromatic rings. The number of Topliss-reactive ketones (excluding diaryl/α,β-unsaturated/α-hetero) is 1. The van der Waals surface area contributed by atoms with E-state index in [1.807, 2.05) is 77.5 Å². The summed E-state index contributed by atoms with van der Waals surface area (Å²) in [7, 11) is 0. The van der Waals surface area contributed by atoms with Gasteiger partial charge in [0.1, 0.15) is 0 Å². The van der Waals surface area contributed by atoms with Gasteiger partial charge < -0.3 is 4.57 Å². The molecule has 0 N–H and O–H groups in total. The van der Waals surface area contributed by atoms with Gasteiger partial charge in [0.25, 0.3) is 0 Å². The first-order valence-corrected chi connectivity index (χ1v) is 7.95. The summed E-state index contributed by atoms with van der Waals surface area (Å²) in [5, 5.41) is 2.03. The molecule has 0 atom stereocenters. The molecular formula is C18H16N2OS. The second-order valence-electron chi connectivity index (χ2n) is 4.98. The molecule has 0 aliphatic rings. The van der Waals surface area contributed by atoms with Gasteiger partial charge in [0, 0.05) is 16.6 Å². The lowest BCUT2D eigenvalue weighted by Gasteiger charge is -2.05. The van der Waals surface area contributed by atoms with E-state index in [1.54, 1.807) is 11.3 Å². The zero-order valence-corrected chi connectivity index (χ0v) is 13.1. The van der Waals surface area contributed by atoms with Gasteiger partial charge in [-0.2, -0.15) is 0 Å². The van der Waals surface area contributed by atoms with Crippen molar-refractivity contribution < 1.29 is 4.79 Å². The summed E-state index contributed by atoms with van der Waals surface area (Å²) in [6.07, 6.45) is 0. The Bertz CT molecular complexity index is 832. The van der Waals surface area contributed by atoms with Crippen LogP contribution in [0.25, 0.3) is 0 Å². The number of nitrogens with zero attached hydrogens (tertiary/aromatic N) is 2. The molecule has 1 aromatic heterocycles. The van der Waals surface area contributed by atoms with Crippen molar-refractivity contribution in [3.8, 4) is 0 Å². The zero-order chi connectivity index (χ0) is 15.4. The number of ketones is 1. The average Bonchev–Trinajstić information content (AvgIpc) is 2.90. The van der Waals surface area contributed by atoms with E-state index in [4.69, 9.17) is 0 Å². The van der Waals surface area contributed by atoms with Crippen molar-refractivity contribution in [1.29, 1.82) is 0 Å². The third-order valence-electron chi connectivity index (χ3n) is 3.37. The molecule has 0 amide bonds. The van der Waals surface area contributed by atoms with Crippen molar-refractivity contribution in [3.05, 3.63) is 82.1 Å². The summed E-state index contributed by atoms with van der Waals surface area (Å²) in [5.41, 5.74) is 2.67. The fraction of sp³-hybridized carbons (Fsp3) is 0.111. The van der Waals surface area contributed by atoms with Gasteiger partial charge in [0.15, 0.2) is 10.6 Å². The van der Waals surface area contributed by atoms with Crippen LogP contribution in [0.4, 0.5) is 5.69 Å². The third-order valence-corrected chi connectivity index (χ3v) is 4.35. The maximum atomic E-state index is 12.4. The summed E-state index contributed by atoms with van der Waals surface area (Å²) in [5.74, 6) is 0.0941. The first-order valence-electron chi connectivity index (χ1n) is 7.07. The molecule has 22 heavy (non-hydrogen) atoms. The van der Waals surface area contributed by atoms with Crippen LogP contribution >= 0.6 is 11.3 Å². The number of hydrogen-bond acceptors (Lipinski definition) is 3. The van der Waals surface area contributed by atoms with E-state index < -0.39 is 0 Å². The largest absolute Gasteiger partial charge is 0.313 e. The van der Waals surface area contributed by atoms with Crippen LogP contribution in [0.1, 0.15) is 16.1 Å². The highest BCUT2D eigenvalue weighted by atomic mass is 32.1. The van der Waals surface area contributed by atoms with Gasteiger partial charge in [-0.05, 0) is 19.1 Å². The van der Waals surface area contributed by atoms with E-state index in [0.717, 1.165) is 21.7 Å². The number of para-hydroxylation sites is 1. The minimum Gasteiger partial charge on any atom is -0.313 e. The highest BCUT2D eigenvalue weighted by molar-refractivity contribution is 7.07. The molecule has 0 aliphatic carbocycles. The number of rotatable bonds is 4. The molecule has 0 bridgehead atoms. The van der Waals surface area contributed by atoms with Crippen molar-refractivity contribution in [1.82, 2.24) is 4.57 Å². The Hall–Kier alpha value is -2.46. The second-order valence-corrected chi connectivity index (χ2v) is 5.82. The molecule has 1 heterocycles. The highest BCUT2D eigenvalue weighted by Gasteiger charge is 2.09. The molecule has 0 saturated heterocycles. The molecule has 0 unspecified atom stereocenters. The number of thiazole rings is 1. The molecule has 0 fully saturated rings. The number of benzene rings is 2. The number of aromatic nitrogens is 1. The van der Waals surface area contributed by atoms with E-state index in [9.17, 15) is 4.79 Å². The van der Waals surface area contributed by atoms with Crippen LogP contribution in [0.2, 0.25) is 0 Å². The lowest BCUT2D eigenvalue weighted by molar-refractivity contribution is 0.0970. The predicted molar refractivity (Wildman–Crippen MR) is 89.5 cm³/mol. The Morgan fingerprint density at radius 2 is 1.68 bits per heavy atom. The molecule has 0 spiro atoms. The minimum absolute atomic E-state index is 0.0941. The number of carbonyl (C=O) groups is 1. The minimum atomic E-state index is 0.0941. The van der Waals surface area contributed by atoms with E-state index in [0.29, 0.717) is 6.54 Å². The van der Waals surface area contributed by atoms with Crippen LogP contribution < -0.4 is 4.80 Å². The van der Waals surface area contributed by atoms with Gasteiger partial charge in [0.05, 0.1) is 12.2 Å². The predicted octanol–water partition coefficient (Wildman–Crippen LogP) is 3.97. The number of hydrogen-bond donors (Lipinski definition) is 0. The molecular weight excluding hydrogens is 292 g/mol. The van der Waals surface area contributed by atoms with Gasteiger partial charge in [-0.1, -0.05) is 48.5 Å². The third kappa shape index (κ3) is 3.23. The van der Waals surface area contributed by atoms with Crippen molar-refractivity contribution in [3.63, 3.8) is 0 Å². The Morgan fingerprint density at radius 3 is 2.36 bits per heavy atom. The van der Waals surface area contributed by atoms with E-state index in [1.165, 1.54) is 0 Å². The molecule has 3 nitrogen and oxygen atoms in total. The van der Waals surface area contributed by atoms with Crippen LogP contribution in [-0.2, 0) is 6.54 Å². The van der Waals surface area contributed by atoms with Crippen LogP contribution in [0.5, 0.6) is 0 Å². The smallest absolute Gasteiger partial charge is 0.190 e. The Labute approximate surface area is 133 Å². The number of carbonyl (C=O) groups excluding carboxylic acids is 1. The van der Waals surface area contributed by atoms with E-state index in [2.05, 4.69) is 4.99 Å². The standard InChI is InChI=1S/C18H16N2OS/c1-14-13-22-18(19-16-10-6-3-7-11-16)20(14)12-17(21)15-8-4-2-5-9-15/h2-11,13H,12H2,1H3. The lowest BCUT2D eigenvalue weighted by atomic mass is 10.1. The normalized spacial score (nSPS) is 11.6. The van der Waals surface area contributed by atoms with Gasteiger partial charge in [-0.15, -0.1) is 11.3 Å². The molecule has 2 aromatic carbocycles. The fourth-order valence-corrected chi connectivity index (χ4v) is 3.06. The average molecular weight is 308 g/mol. The number of aryl methyl sites for hydroxylation is 1. The van der Waals surface area contributed by atoms with E-state index >= 15 is 0 Å². The summed E-state index contributed by atoms with van der Waals surface area (Å²) in [6, 6.07) is 19.2. The van der Waals surface area contributed by atoms with Crippen molar-refractivity contribution in [2.24, 2.45) is 4.99 Å². The second kappa shape index (κ2) is 6.54. The van der Waals surface area contributed by atoms with Crippen molar-refractivity contribution in [2.75, 3.05) is 0 Å². The van der Waals surface area contributed by atoms with Gasteiger partial charge in [-0.3, -0.25) is 4.79 Å². The monoisotopic (exact) mass is 308 g/mol. The Kier molecular flexibility index (Phi) is 4.30. The molecule has 0 saturated carbocycles. The first-order chi connectivity index (χ1) is 10.7. The topological polar surface area (TPSA) is 34.4 Å². The van der Waals surface area contributed by atoms with Crippen molar-refractivity contribution >= 4 is 22.8 Å². The first kappa shape index (κ1) is 14.5. The molecule has 0 radical (unpaired) electrons. The Balaban J connectivity index is 1.94. The van der Waals surface area contributed by atoms with Crippen LogP contribution in [0.3, 0.4) is 0 Å². The van der Waals surface area contributed by atoms with E-state index in [-0.39, 0.29) is 5.78 Å². The maximum absolute atomic E-state index is 12.4.